The number of carbonyl (C=O) groups is 1. The van der Waals surface area contributed by atoms with Crippen molar-refractivity contribution in [1.82, 2.24) is 14.5 Å². The van der Waals surface area contributed by atoms with Gasteiger partial charge in [0, 0.05) is 17.5 Å². The third-order valence-corrected chi connectivity index (χ3v) is 8.20. The zero-order chi connectivity index (χ0) is 23.8. The minimum atomic E-state index is -3.85. The lowest BCUT2D eigenvalue weighted by Gasteiger charge is -2.24. The molecule has 2 aromatic carbocycles. The summed E-state index contributed by atoms with van der Waals surface area (Å²) in [5.74, 6) is -1.01. The van der Waals surface area contributed by atoms with Crippen LogP contribution >= 0.6 is 0 Å². The number of hydrogen-bond acceptors (Lipinski definition) is 6. The monoisotopic (exact) mass is 489 g/mol. The summed E-state index contributed by atoms with van der Waals surface area (Å²) in [6, 6.07) is 12.2. The summed E-state index contributed by atoms with van der Waals surface area (Å²) in [7, 11) is -7.20. The molecule has 174 valence electrons. The SMILES string of the molecule is CS(=O)(=O)c1cccc(-c2ccc(S(=O)(=O)N[C@@H]3CCCc4c3cnn4CC(=O)O)cc2)c1. The highest BCUT2D eigenvalue weighted by Gasteiger charge is 2.29. The van der Waals surface area contributed by atoms with E-state index < -0.39 is 31.9 Å². The molecule has 0 fully saturated rings. The second-order valence-corrected chi connectivity index (χ2v) is 11.7. The van der Waals surface area contributed by atoms with Crippen LogP contribution in [0.2, 0.25) is 0 Å². The Morgan fingerprint density at radius 1 is 1.09 bits per heavy atom. The Bertz CT molecular complexity index is 1410. The van der Waals surface area contributed by atoms with Crippen LogP contribution in [0.5, 0.6) is 0 Å². The van der Waals surface area contributed by atoms with Gasteiger partial charge in [0.25, 0.3) is 0 Å². The van der Waals surface area contributed by atoms with E-state index in [1.54, 1.807) is 30.3 Å². The van der Waals surface area contributed by atoms with Crippen molar-refractivity contribution < 1.29 is 26.7 Å². The lowest BCUT2D eigenvalue weighted by molar-refractivity contribution is -0.137. The van der Waals surface area contributed by atoms with Crippen molar-refractivity contribution in [1.29, 1.82) is 0 Å². The number of nitrogens with one attached hydrogen (secondary N) is 1. The van der Waals surface area contributed by atoms with Gasteiger partial charge < -0.3 is 5.11 Å². The second kappa shape index (κ2) is 8.73. The first-order valence-electron chi connectivity index (χ1n) is 10.2. The van der Waals surface area contributed by atoms with Crippen molar-refractivity contribution >= 4 is 25.8 Å². The Hall–Kier alpha value is -3.02. The standard InChI is InChI=1S/C22H23N3O6S2/c1-32(28,29)18-5-2-4-16(12-18)15-8-10-17(11-9-15)33(30,31)24-20-6-3-7-21-19(20)13-23-25(21)14-22(26)27/h2,4-5,8-13,20,24H,3,6-7,14H2,1H3,(H,26,27)/t20-/m1/s1. The molecule has 33 heavy (non-hydrogen) atoms. The number of hydrogen-bond donors (Lipinski definition) is 2. The van der Waals surface area contributed by atoms with E-state index in [2.05, 4.69) is 9.82 Å². The lowest BCUT2D eigenvalue weighted by atomic mass is 9.94. The van der Waals surface area contributed by atoms with Crippen LogP contribution in [0, 0.1) is 0 Å². The zero-order valence-corrected chi connectivity index (χ0v) is 19.4. The number of benzene rings is 2. The van der Waals surface area contributed by atoms with Gasteiger partial charge in [0.05, 0.1) is 22.0 Å². The Morgan fingerprint density at radius 2 is 1.82 bits per heavy atom. The molecule has 11 heteroatoms. The molecule has 2 N–H and O–H groups in total. The maximum atomic E-state index is 13.0. The molecular weight excluding hydrogens is 466 g/mol. The Morgan fingerprint density at radius 3 is 2.48 bits per heavy atom. The number of carboxylic acids is 1. The third kappa shape index (κ3) is 5.00. The van der Waals surface area contributed by atoms with Gasteiger partial charge in [0.15, 0.2) is 9.84 Å². The smallest absolute Gasteiger partial charge is 0.325 e. The fourth-order valence-electron chi connectivity index (χ4n) is 3.99. The molecule has 0 spiro atoms. The van der Waals surface area contributed by atoms with Gasteiger partial charge >= 0.3 is 5.97 Å². The molecule has 0 aliphatic heterocycles. The predicted octanol–water partition coefficient (Wildman–Crippen LogP) is 2.39. The fraction of sp³-hybridized carbons (Fsp3) is 0.273. The molecule has 1 aliphatic rings. The van der Waals surface area contributed by atoms with E-state index >= 15 is 0 Å². The highest BCUT2D eigenvalue weighted by molar-refractivity contribution is 7.90. The highest BCUT2D eigenvalue weighted by atomic mass is 32.2. The summed E-state index contributed by atoms with van der Waals surface area (Å²) < 4.78 is 53.8. The number of fused-ring (bicyclic) bond motifs is 1. The molecule has 1 heterocycles. The van der Waals surface area contributed by atoms with Gasteiger partial charge in [0.2, 0.25) is 10.0 Å². The predicted molar refractivity (Wildman–Crippen MR) is 121 cm³/mol. The van der Waals surface area contributed by atoms with E-state index in [-0.39, 0.29) is 16.3 Å². The van der Waals surface area contributed by atoms with Crippen LogP contribution in [-0.2, 0) is 37.6 Å². The van der Waals surface area contributed by atoms with E-state index in [0.717, 1.165) is 11.9 Å². The quantitative estimate of drug-likeness (QED) is 0.520. The number of sulfonamides is 1. The van der Waals surface area contributed by atoms with Gasteiger partial charge in [0.1, 0.15) is 6.54 Å². The molecule has 0 saturated heterocycles. The van der Waals surface area contributed by atoms with Crippen LogP contribution in [0.4, 0.5) is 0 Å². The van der Waals surface area contributed by atoms with Gasteiger partial charge in [-0.15, -0.1) is 0 Å². The number of aliphatic carboxylic acids is 1. The van der Waals surface area contributed by atoms with E-state index in [1.165, 1.54) is 29.1 Å². The van der Waals surface area contributed by atoms with E-state index in [1.807, 2.05) is 0 Å². The van der Waals surface area contributed by atoms with Gasteiger partial charge in [-0.05, 0) is 54.7 Å². The third-order valence-electron chi connectivity index (χ3n) is 5.61. The average molecular weight is 490 g/mol. The molecule has 0 bridgehead atoms. The number of sulfone groups is 1. The Labute approximate surface area is 192 Å². The maximum absolute atomic E-state index is 13.0. The summed E-state index contributed by atoms with van der Waals surface area (Å²) in [4.78, 5) is 11.3. The fourth-order valence-corrected chi connectivity index (χ4v) is 5.91. The van der Waals surface area contributed by atoms with Gasteiger partial charge in [-0.3, -0.25) is 9.48 Å². The summed E-state index contributed by atoms with van der Waals surface area (Å²) in [5.41, 5.74) is 2.78. The molecule has 0 unspecified atom stereocenters. The van der Waals surface area contributed by atoms with Crippen LogP contribution in [0.3, 0.4) is 0 Å². The van der Waals surface area contributed by atoms with Crippen LogP contribution in [0.15, 0.2) is 64.5 Å². The lowest BCUT2D eigenvalue weighted by Crippen LogP contribution is -2.31. The van der Waals surface area contributed by atoms with Gasteiger partial charge in [-0.25, -0.2) is 21.6 Å². The van der Waals surface area contributed by atoms with Crippen molar-refractivity contribution in [2.24, 2.45) is 0 Å². The van der Waals surface area contributed by atoms with Crippen molar-refractivity contribution in [3.05, 3.63) is 66.0 Å². The van der Waals surface area contributed by atoms with Crippen molar-refractivity contribution in [3.8, 4) is 11.1 Å². The molecule has 1 aromatic heterocycles. The molecule has 1 aliphatic carbocycles. The number of carboxylic acid groups (broad SMARTS) is 1. The van der Waals surface area contributed by atoms with Crippen molar-refractivity contribution in [2.75, 3.05) is 6.26 Å². The molecule has 0 amide bonds. The molecule has 0 saturated carbocycles. The molecule has 1 atom stereocenters. The van der Waals surface area contributed by atoms with E-state index in [4.69, 9.17) is 5.11 Å². The van der Waals surface area contributed by atoms with Crippen molar-refractivity contribution in [2.45, 2.75) is 41.6 Å². The summed E-state index contributed by atoms with van der Waals surface area (Å²) in [6.07, 6.45) is 4.60. The first-order valence-corrected chi connectivity index (χ1v) is 13.6. The molecule has 4 rings (SSSR count). The minimum Gasteiger partial charge on any atom is -0.480 e. The topological polar surface area (TPSA) is 135 Å². The number of aromatic nitrogens is 2. The summed E-state index contributed by atoms with van der Waals surface area (Å²) in [6.45, 7) is -0.267. The number of nitrogens with zero attached hydrogens (tertiary/aromatic N) is 2. The summed E-state index contributed by atoms with van der Waals surface area (Å²) >= 11 is 0. The van der Waals surface area contributed by atoms with Crippen LogP contribution in [-0.4, -0.2) is 43.9 Å². The highest BCUT2D eigenvalue weighted by Crippen LogP contribution is 2.31. The summed E-state index contributed by atoms with van der Waals surface area (Å²) in [5, 5.41) is 13.2. The normalized spacial score (nSPS) is 16.3. The molecule has 9 nitrogen and oxygen atoms in total. The Balaban J connectivity index is 1.56. The van der Waals surface area contributed by atoms with Crippen LogP contribution in [0.1, 0.15) is 30.1 Å². The van der Waals surface area contributed by atoms with E-state index in [0.29, 0.717) is 36.0 Å². The molecular formula is C22H23N3O6S2. The minimum absolute atomic E-state index is 0.0792. The first kappa shape index (κ1) is 23.1. The van der Waals surface area contributed by atoms with Crippen molar-refractivity contribution in [3.63, 3.8) is 0 Å². The zero-order valence-electron chi connectivity index (χ0n) is 17.8. The first-order chi connectivity index (χ1) is 15.5. The Kier molecular flexibility index (Phi) is 6.12. The largest absolute Gasteiger partial charge is 0.480 e. The number of rotatable bonds is 7. The van der Waals surface area contributed by atoms with E-state index in [9.17, 15) is 21.6 Å². The molecule has 0 radical (unpaired) electrons. The van der Waals surface area contributed by atoms with Gasteiger partial charge in [-0.2, -0.15) is 5.10 Å². The second-order valence-electron chi connectivity index (χ2n) is 7.99. The average Bonchev–Trinajstić information content (AvgIpc) is 3.16. The van der Waals surface area contributed by atoms with Crippen LogP contribution < -0.4 is 4.72 Å². The van der Waals surface area contributed by atoms with Crippen LogP contribution in [0.25, 0.3) is 11.1 Å². The maximum Gasteiger partial charge on any atom is 0.325 e. The van der Waals surface area contributed by atoms with Gasteiger partial charge in [-0.1, -0.05) is 24.3 Å². The molecule has 3 aromatic rings.